The number of hydrogen-bond acceptors (Lipinski definition) is 8. The lowest BCUT2D eigenvalue weighted by Crippen LogP contribution is -2.33. The summed E-state index contributed by atoms with van der Waals surface area (Å²) in [5.41, 5.74) is 4.33. The van der Waals surface area contributed by atoms with Gasteiger partial charge in [0.15, 0.2) is 11.5 Å². The second kappa shape index (κ2) is 9.46. The van der Waals surface area contributed by atoms with Crippen LogP contribution in [0.5, 0.6) is 11.5 Å². The Kier molecular flexibility index (Phi) is 6.07. The van der Waals surface area contributed by atoms with Gasteiger partial charge in [-0.2, -0.15) is 0 Å². The second-order valence-corrected chi connectivity index (χ2v) is 8.98. The molecule has 0 radical (unpaired) electrons. The fraction of sp³-hybridized carbons (Fsp3) is 0.0833. The number of rotatable bonds is 7. The summed E-state index contributed by atoms with van der Waals surface area (Å²) in [5.74, 6) is 0.419. The van der Waals surface area contributed by atoms with Crippen LogP contribution in [0.25, 0.3) is 20.7 Å². The lowest BCUT2D eigenvalue weighted by Gasteiger charge is -2.13. The summed E-state index contributed by atoms with van der Waals surface area (Å²) in [7, 11) is 1.53. The van der Waals surface area contributed by atoms with E-state index < -0.39 is 5.91 Å². The first-order valence-electron chi connectivity index (χ1n) is 10.2. The SMILES string of the molecule is COc1ccc(C(=O)Nn2cnc3scc(-c4cccs4)c3c2=O)cc1OCc1ccncc1. The molecule has 1 aromatic carbocycles. The minimum absolute atomic E-state index is 0.285. The molecule has 4 aromatic heterocycles. The van der Waals surface area contributed by atoms with Crippen LogP contribution in [0.15, 0.2) is 76.7 Å². The first kappa shape index (κ1) is 21.8. The van der Waals surface area contributed by atoms with Crippen molar-refractivity contribution in [2.24, 2.45) is 0 Å². The average Bonchev–Trinajstić information content (AvgIpc) is 3.55. The summed E-state index contributed by atoms with van der Waals surface area (Å²) in [4.78, 5) is 36.1. The van der Waals surface area contributed by atoms with Crippen molar-refractivity contribution >= 4 is 38.8 Å². The highest BCUT2D eigenvalue weighted by atomic mass is 32.1. The quantitative estimate of drug-likeness (QED) is 0.360. The predicted molar refractivity (Wildman–Crippen MR) is 132 cm³/mol. The second-order valence-electron chi connectivity index (χ2n) is 7.18. The van der Waals surface area contributed by atoms with Crippen LogP contribution < -0.4 is 20.5 Å². The molecule has 5 aromatic rings. The normalized spacial score (nSPS) is 10.9. The summed E-state index contributed by atoms with van der Waals surface area (Å²) in [5, 5.41) is 4.34. The Morgan fingerprint density at radius 2 is 1.97 bits per heavy atom. The van der Waals surface area contributed by atoms with Crippen molar-refractivity contribution in [3.05, 3.63) is 93.4 Å². The van der Waals surface area contributed by atoms with Gasteiger partial charge >= 0.3 is 0 Å². The van der Waals surface area contributed by atoms with E-state index >= 15 is 0 Å². The van der Waals surface area contributed by atoms with E-state index in [1.165, 1.54) is 24.8 Å². The number of pyridine rings is 1. The van der Waals surface area contributed by atoms with Gasteiger partial charge in [-0.3, -0.25) is 20.0 Å². The lowest BCUT2D eigenvalue weighted by molar-refractivity contribution is 0.101. The van der Waals surface area contributed by atoms with Crippen LogP contribution in [0.4, 0.5) is 0 Å². The Bertz CT molecular complexity index is 1510. The Labute approximate surface area is 202 Å². The summed E-state index contributed by atoms with van der Waals surface area (Å²) in [6.45, 7) is 0.285. The van der Waals surface area contributed by atoms with Gasteiger partial charge in [0, 0.05) is 33.8 Å². The topological polar surface area (TPSA) is 95.3 Å². The van der Waals surface area contributed by atoms with Gasteiger partial charge in [0.1, 0.15) is 17.8 Å². The number of carbonyl (C=O) groups excluding carboxylic acids is 1. The Morgan fingerprint density at radius 3 is 2.74 bits per heavy atom. The number of thiophene rings is 2. The number of hydrogen-bond donors (Lipinski definition) is 1. The molecule has 5 rings (SSSR count). The molecule has 0 fully saturated rings. The van der Waals surface area contributed by atoms with Gasteiger partial charge in [0.05, 0.1) is 12.5 Å². The van der Waals surface area contributed by atoms with E-state index in [0.717, 1.165) is 20.7 Å². The number of amides is 1. The van der Waals surface area contributed by atoms with Crippen LogP contribution in [0, 0.1) is 0 Å². The van der Waals surface area contributed by atoms with E-state index in [9.17, 15) is 9.59 Å². The van der Waals surface area contributed by atoms with Gasteiger partial charge in [0.2, 0.25) is 0 Å². The molecule has 0 atom stereocenters. The molecule has 8 nitrogen and oxygen atoms in total. The molecule has 0 aliphatic rings. The molecule has 0 bridgehead atoms. The third-order valence-corrected chi connectivity index (χ3v) is 6.86. The van der Waals surface area contributed by atoms with Gasteiger partial charge in [0.25, 0.3) is 11.5 Å². The smallest absolute Gasteiger partial charge is 0.281 e. The lowest BCUT2D eigenvalue weighted by atomic mass is 10.2. The van der Waals surface area contributed by atoms with Crippen LogP contribution in [-0.2, 0) is 6.61 Å². The highest BCUT2D eigenvalue weighted by Crippen LogP contribution is 2.33. The number of methoxy groups -OCH3 is 1. The Morgan fingerprint density at radius 1 is 1.12 bits per heavy atom. The molecule has 0 aliphatic carbocycles. The number of nitrogens with one attached hydrogen (secondary N) is 1. The molecule has 34 heavy (non-hydrogen) atoms. The summed E-state index contributed by atoms with van der Waals surface area (Å²) >= 11 is 2.94. The van der Waals surface area contributed by atoms with E-state index in [0.29, 0.717) is 27.3 Å². The zero-order valence-corrected chi connectivity index (χ0v) is 19.6. The Hall–Kier alpha value is -4.02. The third kappa shape index (κ3) is 4.28. The number of ether oxygens (including phenoxy) is 2. The van der Waals surface area contributed by atoms with Crippen molar-refractivity contribution in [3.8, 4) is 21.9 Å². The number of benzene rings is 1. The van der Waals surface area contributed by atoms with Gasteiger partial charge in [-0.05, 0) is 47.3 Å². The largest absolute Gasteiger partial charge is 0.493 e. The van der Waals surface area contributed by atoms with Gasteiger partial charge in [-0.15, -0.1) is 22.7 Å². The zero-order chi connectivity index (χ0) is 23.5. The van der Waals surface area contributed by atoms with Crippen LogP contribution >= 0.6 is 22.7 Å². The first-order chi connectivity index (χ1) is 16.6. The molecule has 1 amide bonds. The maximum Gasteiger partial charge on any atom is 0.281 e. The van der Waals surface area contributed by atoms with Crippen molar-refractivity contribution < 1.29 is 14.3 Å². The van der Waals surface area contributed by atoms with Crippen molar-refractivity contribution in [2.45, 2.75) is 6.61 Å². The molecule has 4 heterocycles. The van der Waals surface area contributed by atoms with Gasteiger partial charge in [-0.25, -0.2) is 9.66 Å². The van der Waals surface area contributed by atoms with Crippen molar-refractivity contribution in [2.75, 3.05) is 12.5 Å². The van der Waals surface area contributed by atoms with Gasteiger partial charge in [-0.1, -0.05) is 6.07 Å². The third-order valence-electron chi connectivity index (χ3n) is 5.07. The summed E-state index contributed by atoms with van der Waals surface area (Å²) in [6.07, 6.45) is 4.68. The zero-order valence-electron chi connectivity index (χ0n) is 17.9. The fourth-order valence-corrected chi connectivity index (χ4v) is 5.09. The first-order valence-corrected chi connectivity index (χ1v) is 11.9. The molecule has 0 spiro atoms. The highest BCUT2D eigenvalue weighted by molar-refractivity contribution is 7.18. The molecular weight excluding hydrogens is 472 g/mol. The monoisotopic (exact) mass is 490 g/mol. The van der Waals surface area contributed by atoms with Crippen LogP contribution in [0.3, 0.4) is 0 Å². The summed E-state index contributed by atoms with van der Waals surface area (Å²) in [6, 6.07) is 12.4. The average molecular weight is 491 g/mol. The van der Waals surface area contributed by atoms with Crippen molar-refractivity contribution in [1.82, 2.24) is 14.6 Å². The van der Waals surface area contributed by atoms with Crippen molar-refractivity contribution in [3.63, 3.8) is 0 Å². The van der Waals surface area contributed by atoms with E-state index in [4.69, 9.17) is 9.47 Å². The van der Waals surface area contributed by atoms with Crippen LogP contribution in [-0.4, -0.2) is 27.7 Å². The maximum atomic E-state index is 13.2. The number of aromatic nitrogens is 3. The molecule has 0 aliphatic heterocycles. The Balaban J connectivity index is 1.41. The van der Waals surface area contributed by atoms with Crippen molar-refractivity contribution in [1.29, 1.82) is 0 Å². The minimum Gasteiger partial charge on any atom is -0.493 e. The van der Waals surface area contributed by atoms with E-state index in [-0.39, 0.29) is 12.2 Å². The molecule has 0 saturated heterocycles. The predicted octanol–water partition coefficient (Wildman–Crippen LogP) is 4.55. The number of nitrogens with zero attached hydrogens (tertiary/aromatic N) is 3. The standard InChI is InChI=1S/C24H18N4O4S2/c1-31-18-5-4-16(11-19(18)32-12-15-6-8-25-9-7-15)22(29)27-28-14-26-23-21(24(28)30)17(13-34-23)20-3-2-10-33-20/h2-11,13-14H,12H2,1H3,(H,27,29). The molecule has 10 heteroatoms. The highest BCUT2D eigenvalue weighted by Gasteiger charge is 2.17. The number of carbonyl (C=O) groups is 1. The van der Waals surface area contributed by atoms with E-state index in [1.54, 1.807) is 41.9 Å². The van der Waals surface area contributed by atoms with Crippen LogP contribution in [0.2, 0.25) is 0 Å². The molecule has 0 saturated carbocycles. The van der Waals surface area contributed by atoms with E-state index in [1.807, 2.05) is 35.0 Å². The minimum atomic E-state index is -0.479. The fourth-order valence-electron chi connectivity index (χ4n) is 3.37. The van der Waals surface area contributed by atoms with E-state index in [2.05, 4.69) is 15.4 Å². The molecule has 170 valence electrons. The molecular formula is C24H18N4O4S2. The maximum absolute atomic E-state index is 13.2. The molecule has 1 N–H and O–H groups in total. The number of fused-ring (bicyclic) bond motifs is 1. The van der Waals surface area contributed by atoms with Crippen LogP contribution in [0.1, 0.15) is 15.9 Å². The molecule has 0 unspecified atom stereocenters. The summed E-state index contributed by atoms with van der Waals surface area (Å²) < 4.78 is 12.3. The van der Waals surface area contributed by atoms with Gasteiger partial charge < -0.3 is 9.47 Å².